The summed E-state index contributed by atoms with van der Waals surface area (Å²) >= 11 is 5.80. The Morgan fingerprint density at radius 2 is 1.60 bits per heavy atom. The predicted molar refractivity (Wildman–Crippen MR) is 74.9 cm³/mol. The molecule has 0 aliphatic rings. The number of carbonyl (C=O) groups is 2. The molecule has 0 saturated carbocycles. The molecule has 0 atom stereocenters. The Labute approximate surface area is 120 Å². The van der Waals surface area contributed by atoms with Gasteiger partial charge in [0.15, 0.2) is 0 Å². The van der Waals surface area contributed by atoms with Gasteiger partial charge in [-0.25, -0.2) is 4.79 Å². The smallest absolute Gasteiger partial charge is 0.323 e. The number of rotatable bonds is 3. The second kappa shape index (κ2) is 6.08. The number of hydrogen-bond acceptors (Lipinski definition) is 3. The maximum atomic E-state index is 11.7. The van der Waals surface area contributed by atoms with Crippen LogP contribution in [0.3, 0.4) is 0 Å². The first kappa shape index (κ1) is 13.9. The highest BCUT2D eigenvalue weighted by atomic mass is 35.5. The number of carbonyl (C=O) groups excluding carboxylic acids is 2. The summed E-state index contributed by atoms with van der Waals surface area (Å²) in [6.45, 7) is 0. The lowest BCUT2D eigenvalue weighted by molar-refractivity contribution is -0.255. The highest BCUT2D eigenvalue weighted by molar-refractivity contribution is 6.30. The van der Waals surface area contributed by atoms with E-state index in [1.165, 1.54) is 24.3 Å². The Bertz CT molecular complexity index is 641. The molecule has 0 saturated heterocycles. The molecule has 0 spiro atoms. The standard InChI is InChI=1S/C14H11ClN2O3/c15-10-2-1-3-12(8-10)17-14(20)16-11-6-4-9(5-7-11)13(18)19/h1-8H,(H,18,19)(H2,16,17,20)/p-1. The van der Waals surface area contributed by atoms with Crippen molar-refractivity contribution in [2.45, 2.75) is 0 Å². The van der Waals surface area contributed by atoms with Gasteiger partial charge < -0.3 is 20.5 Å². The van der Waals surface area contributed by atoms with E-state index < -0.39 is 12.0 Å². The van der Waals surface area contributed by atoms with Gasteiger partial charge in [0.05, 0.1) is 5.97 Å². The number of urea groups is 1. The summed E-state index contributed by atoms with van der Waals surface area (Å²) in [5.74, 6) is -1.26. The highest BCUT2D eigenvalue weighted by Gasteiger charge is 2.03. The maximum absolute atomic E-state index is 11.7. The van der Waals surface area contributed by atoms with Gasteiger partial charge in [0.1, 0.15) is 0 Å². The van der Waals surface area contributed by atoms with Crippen LogP contribution in [0.25, 0.3) is 0 Å². The SMILES string of the molecule is O=C(Nc1ccc(C(=O)[O-])cc1)Nc1cccc(Cl)c1. The van der Waals surface area contributed by atoms with Gasteiger partial charge in [-0.1, -0.05) is 29.8 Å². The zero-order valence-electron chi connectivity index (χ0n) is 10.2. The molecule has 0 heterocycles. The molecule has 5 nitrogen and oxygen atoms in total. The van der Waals surface area contributed by atoms with Gasteiger partial charge in [-0.3, -0.25) is 0 Å². The van der Waals surface area contributed by atoms with Gasteiger partial charge in [-0.2, -0.15) is 0 Å². The average Bonchev–Trinajstić information content (AvgIpc) is 2.39. The zero-order valence-corrected chi connectivity index (χ0v) is 11.0. The summed E-state index contributed by atoms with van der Waals surface area (Å²) < 4.78 is 0. The molecular formula is C14H10ClN2O3-. The molecule has 0 aliphatic heterocycles. The summed E-state index contributed by atoms with van der Waals surface area (Å²) in [5, 5.41) is 16.3. The third-order valence-electron chi connectivity index (χ3n) is 2.46. The normalized spacial score (nSPS) is 9.85. The van der Waals surface area contributed by atoms with Crippen LogP contribution in [0.2, 0.25) is 5.02 Å². The van der Waals surface area contributed by atoms with Gasteiger partial charge in [-0.15, -0.1) is 0 Å². The number of carboxylic acid groups (broad SMARTS) is 1. The van der Waals surface area contributed by atoms with Crippen molar-refractivity contribution in [2.75, 3.05) is 10.6 Å². The third-order valence-corrected chi connectivity index (χ3v) is 2.70. The lowest BCUT2D eigenvalue weighted by Gasteiger charge is -2.09. The van der Waals surface area contributed by atoms with Crippen molar-refractivity contribution in [1.82, 2.24) is 0 Å². The molecule has 2 N–H and O–H groups in total. The molecule has 2 aromatic rings. The number of benzene rings is 2. The summed E-state index contributed by atoms with van der Waals surface area (Å²) in [6.07, 6.45) is 0. The Morgan fingerprint density at radius 1 is 0.950 bits per heavy atom. The first-order valence-corrected chi connectivity index (χ1v) is 6.07. The van der Waals surface area contributed by atoms with Gasteiger partial charge in [0.25, 0.3) is 0 Å². The molecule has 2 aromatic carbocycles. The second-order valence-electron chi connectivity index (χ2n) is 3.95. The molecule has 0 radical (unpaired) electrons. The molecular weight excluding hydrogens is 280 g/mol. The quantitative estimate of drug-likeness (QED) is 0.910. The number of anilines is 2. The van der Waals surface area contributed by atoms with Crippen LogP contribution in [0, 0.1) is 0 Å². The molecule has 0 aliphatic carbocycles. The largest absolute Gasteiger partial charge is 0.545 e. The van der Waals surface area contributed by atoms with E-state index in [1.807, 2.05) is 0 Å². The minimum absolute atomic E-state index is 0.0470. The number of carboxylic acids is 1. The summed E-state index contributed by atoms with van der Waals surface area (Å²) in [4.78, 5) is 22.3. The van der Waals surface area contributed by atoms with Gasteiger partial charge in [0.2, 0.25) is 0 Å². The van der Waals surface area contributed by atoms with Crippen molar-refractivity contribution in [3.8, 4) is 0 Å². The molecule has 102 valence electrons. The van der Waals surface area contributed by atoms with E-state index in [0.29, 0.717) is 16.4 Å². The summed E-state index contributed by atoms with van der Waals surface area (Å²) in [6, 6.07) is 11.9. The number of nitrogens with one attached hydrogen (secondary N) is 2. The maximum Gasteiger partial charge on any atom is 0.323 e. The summed E-state index contributed by atoms with van der Waals surface area (Å²) in [5.41, 5.74) is 1.07. The number of hydrogen-bond donors (Lipinski definition) is 2. The molecule has 6 heteroatoms. The van der Waals surface area contributed by atoms with E-state index >= 15 is 0 Å². The lowest BCUT2D eigenvalue weighted by atomic mass is 10.2. The van der Waals surface area contributed by atoms with E-state index in [0.717, 1.165) is 0 Å². The topological polar surface area (TPSA) is 81.3 Å². The van der Waals surface area contributed by atoms with Crippen molar-refractivity contribution in [3.63, 3.8) is 0 Å². The monoisotopic (exact) mass is 289 g/mol. The van der Waals surface area contributed by atoms with Gasteiger partial charge >= 0.3 is 6.03 Å². The Morgan fingerprint density at radius 3 is 2.20 bits per heavy atom. The van der Waals surface area contributed by atoms with Crippen molar-refractivity contribution in [2.24, 2.45) is 0 Å². The van der Waals surface area contributed by atoms with Crippen molar-refractivity contribution >= 4 is 35.0 Å². The molecule has 2 rings (SSSR count). The average molecular weight is 290 g/mol. The van der Waals surface area contributed by atoms with E-state index in [9.17, 15) is 14.7 Å². The molecule has 20 heavy (non-hydrogen) atoms. The van der Waals surface area contributed by atoms with Crippen LogP contribution >= 0.6 is 11.6 Å². The molecule has 2 amide bonds. The fourth-order valence-corrected chi connectivity index (χ4v) is 1.74. The van der Waals surface area contributed by atoms with Crippen LogP contribution in [0.5, 0.6) is 0 Å². The lowest BCUT2D eigenvalue weighted by Crippen LogP contribution is -2.22. The van der Waals surface area contributed by atoms with Crippen LogP contribution in [0.1, 0.15) is 10.4 Å². The van der Waals surface area contributed by atoms with Gasteiger partial charge in [-0.05, 0) is 35.9 Å². The summed E-state index contributed by atoms with van der Waals surface area (Å²) in [7, 11) is 0. The van der Waals surface area contributed by atoms with E-state index in [2.05, 4.69) is 10.6 Å². The minimum Gasteiger partial charge on any atom is -0.545 e. The molecule has 0 bridgehead atoms. The highest BCUT2D eigenvalue weighted by Crippen LogP contribution is 2.15. The van der Waals surface area contributed by atoms with Crippen LogP contribution in [0.15, 0.2) is 48.5 Å². The number of aromatic carboxylic acids is 1. The second-order valence-corrected chi connectivity index (χ2v) is 4.39. The Hall–Kier alpha value is -2.53. The van der Waals surface area contributed by atoms with Crippen molar-refractivity contribution in [1.29, 1.82) is 0 Å². The third kappa shape index (κ3) is 3.73. The van der Waals surface area contributed by atoms with E-state index in [1.54, 1.807) is 24.3 Å². The zero-order chi connectivity index (χ0) is 14.5. The van der Waals surface area contributed by atoms with Gasteiger partial charge in [0, 0.05) is 16.4 Å². The molecule has 0 unspecified atom stereocenters. The fraction of sp³-hybridized carbons (Fsp3) is 0. The molecule has 0 aromatic heterocycles. The van der Waals surface area contributed by atoms with E-state index in [-0.39, 0.29) is 5.56 Å². The van der Waals surface area contributed by atoms with Crippen molar-refractivity contribution < 1.29 is 14.7 Å². The number of amides is 2. The fourth-order valence-electron chi connectivity index (χ4n) is 1.55. The first-order chi connectivity index (χ1) is 9.54. The van der Waals surface area contributed by atoms with E-state index in [4.69, 9.17) is 11.6 Å². The minimum atomic E-state index is -1.26. The predicted octanol–water partition coefficient (Wildman–Crippen LogP) is 2.35. The van der Waals surface area contributed by atoms with Crippen LogP contribution in [0.4, 0.5) is 16.2 Å². The van der Waals surface area contributed by atoms with Crippen LogP contribution in [-0.2, 0) is 0 Å². The number of halogens is 1. The first-order valence-electron chi connectivity index (χ1n) is 5.69. The Kier molecular flexibility index (Phi) is 4.22. The Balaban J connectivity index is 1.99. The van der Waals surface area contributed by atoms with Crippen molar-refractivity contribution in [3.05, 3.63) is 59.1 Å². The van der Waals surface area contributed by atoms with Crippen LogP contribution < -0.4 is 15.7 Å². The van der Waals surface area contributed by atoms with Crippen LogP contribution in [-0.4, -0.2) is 12.0 Å². The molecule has 0 fully saturated rings.